The third-order valence-electron chi connectivity index (χ3n) is 2.83. The van der Waals surface area contributed by atoms with Crippen LogP contribution in [-0.4, -0.2) is 23.0 Å². The lowest BCUT2D eigenvalue weighted by atomic mass is 10.1. The molecule has 4 N–H and O–H groups in total. The van der Waals surface area contributed by atoms with E-state index in [1.165, 1.54) is 6.07 Å². The number of carbonyl (C=O) groups excluding carboxylic acids is 1. The Balaban J connectivity index is 2.11. The smallest absolute Gasteiger partial charge is 0.224 e. The fourth-order valence-electron chi connectivity index (χ4n) is 1.91. The zero-order chi connectivity index (χ0) is 14.0. The first-order chi connectivity index (χ1) is 8.87. The summed E-state index contributed by atoms with van der Waals surface area (Å²) in [5.74, 6) is -0.483. The standard InChI is InChI=1S/C14H18FN3O/c1-14(2,16)8-18-12(19)6-9-7-17-11-5-3-4-10(15)13(9)11/h3-5,7,17H,6,8,16H2,1-2H3,(H,18,19). The van der Waals surface area contributed by atoms with Crippen LogP contribution in [0.2, 0.25) is 0 Å². The lowest BCUT2D eigenvalue weighted by molar-refractivity contribution is -0.120. The van der Waals surface area contributed by atoms with Gasteiger partial charge in [0.15, 0.2) is 0 Å². The maximum absolute atomic E-state index is 13.7. The topological polar surface area (TPSA) is 70.9 Å². The molecule has 0 fully saturated rings. The number of hydrogen-bond acceptors (Lipinski definition) is 2. The summed E-state index contributed by atoms with van der Waals surface area (Å²) >= 11 is 0. The Bertz CT molecular complexity index is 598. The Hall–Kier alpha value is -1.88. The summed E-state index contributed by atoms with van der Waals surface area (Å²) < 4.78 is 13.7. The molecule has 0 aliphatic carbocycles. The molecule has 2 aromatic rings. The van der Waals surface area contributed by atoms with Gasteiger partial charge in [-0.15, -0.1) is 0 Å². The van der Waals surface area contributed by atoms with E-state index in [9.17, 15) is 9.18 Å². The molecule has 0 saturated heterocycles. The van der Waals surface area contributed by atoms with Crippen molar-refractivity contribution in [3.63, 3.8) is 0 Å². The third-order valence-corrected chi connectivity index (χ3v) is 2.83. The average Bonchev–Trinajstić information content (AvgIpc) is 2.70. The van der Waals surface area contributed by atoms with E-state index in [1.807, 2.05) is 13.8 Å². The molecule has 19 heavy (non-hydrogen) atoms. The van der Waals surface area contributed by atoms with Gasteiger partial charge in [-0.1, -0.05) is 6.07 Å². The van der Waals surface area contributed by atoms with Crippen LogP contribution in [0.1, 0.15) is 19.4 Å². The molecule has 102 valence electrons. The minimum atomic E-state index is -0.457. The molecule has 4 nitrogen and oxygen atoms in total. The van der Waals surface area contributed by atoms with Crippen LogP contribution in [0.3, 0.4) is 0 Å². The summed E-state index contributed by atoms with van der Waals surface area (Å²) in [6, 6.07) is 4.80. The van der Waals surface area contributed by atoms with Gasteiger partial charge in [0.2, 0.25) is 5.91 Å². The SMILES string of the molecule is CC(C)(N)CNC(=O)Cc1c[nH]c2cccc(F)c12. The van der Waals surface area contributed by atoms with Gasteiger partial charge in [-0.25, -0.2) is 4.39 Å². The van der Waals surface area contributed by atoms with Crippen molar-refractivity contribution in [1.29, 1.82) is 0 Å². The molecule has 0 aliphatic rings. The summed E-state index contributed by atoms with van der Waals surface area (Å²) in [5, 5.41) is 3.22. The molecule has 1 amide bonds. The van der Waals surface area contributed by atoms with E-state index < -0.39 is 5.54 Å². The van der Waals surface area contributed by atoms with Gasteiger partial charge in [0.1, 0.15) is 5.82 Å². The second-order valence-corrected chi connectivity index (χ2v) is 5.42. The van der Waals surface area contributed by atoms with Crippen LogP contribution in [0.25, 0.3) is 10.9 Å². The molecule has 1 aromatic heterocycles. The number of rotatable bonds is 4. The quantitative estimate of drug-likeness (QED) is 0.785. The highest BCUT2D eigenvalue weighted by molar-refractivity contribution is 5.89. The number of aromatic amines is 1. The van der Waals surface area contributed by atoms with E-state index in [-0.39, 0.29) is 18.1 Å². The van der Waals surface area contributed by atoms with Crippen molar-refractivity contribution in [1.82, 2.24) is 10.3 Å². The third kappa shape index (κ3) is 3.32. The minimum absolute atomic E-state index is 0.136. The summed E-state index contributed by atoms with van der Waals surface area (Å²) in [4.78, 5) is 14.8. The highest BCUT2D eigenvalue weighted by Crippen LogP contribution is 2.21. The van der Waals surface area contributed by atoms with Crippen LogP contribution < -0.4 is 11.1 Å². The van der Waals surface area contributed by atoms with Crippen molar-refractivity contribution >= 4 is 16.8 Å². The first-order valence-corrected chi connectivity index (χ1v) is 6.17. The molecule has 0 atom stereocenters. The van der Waals surface area contributed by atoms with E-state index in [4.69, 9.17) is 5.73 Å². The van der Waals surface area contributed by atoms with Crippen LogP contribution in [0.15, 0.2) is 24.4 Å². The Morgan fingerprint density at radius 2 is 2.21 bits per heavy atom. The monoisotopic (exact) mass is 263 g/mol. The summed E-state index contributed by atoms with van der Waals surface area (Å²) in [5.41, 5.74) is 6.68. The zero-order valence-electron chi connectivity index (χ0n) is 11.1. The van der Waals surface area contributed by atoms with E-state index in [1.54, 1.807) is 18.3 Å². The van der Waals surface area contributed by atoms with Crippen LogP contribution >= 0.6 is 0 Å². The molecule has 5 heteroatoms. The van der Waals surface area contributed by atoms with E-state index in [0.717, 1.165) is 0 Å². The van der Waals surface area contributed by atoms with Crippen LogP contribution in [-0.2, 0) is 11.2 Å². The van der Waals surface area contributed by atoms with Gasteiger partial charge in [-0.05, 0) is 31.5 Å². The molecule has 0 bridgehead atoms. The molecule has 1 heterocycles. The van der Waals surface area contributed by atoms with Crippen LogP contribution in [0.4, 0.5) is 4.39 Å². The highest BCUT2D eigenvalue weighted by atomic mass is 19.1. The second-order valence-electron chi connectivity index (χ2n) is 5.42. The number of hydrogen-bond donors (Lipinski definition) is 3. The normalized spacial score (nSPS) is 11.8. The van der Waals surface area contributed by atoms with Crippen molar-refractivity contribution in [2.75, 3.05) is 6.54 Å². The van der Waals surface area contributed by atoms with Gasteiger partial charge >= 0.3 is 0 Å². The zero-order valence-corrected chi connectivity index (χ0v) is 11.1. The number of benzene rings is 1. The van der Waals surface area contributed by atoms with Crippen molar-refractivity contribution in [2.24, 2.45) is 5.73 Å². The first-order valence-electron chi connectivity index (χ1n) is 6.17. The molecule has 0 radical (unpaired) electrons. The van der Waals surface area contributed by atoms with Gasteiger partial charge in [-0.2, -0.15) is 0 Å². The first kappa shape index (κ1) is 13.5. The molecule has 0 saturated carbocycles. The fourth-order valence-corrected chi connectivity index (χ4v) is 1.91. The Morgan fingerprint density at radius 1 is 1.47 bits per heavy atom. The predicted octanol–water partition coefficient (Wildman–Crippen LogP) is 1.70. The summed E-state index contributed by atoms with van der Waals surface area (Å²) in [6.45, 7) is 4.05. The summed E-state index contributed by atoms with van der Waals surface area (Å²) in [6.07, 6.45) is 1.80. The van der Waals surface area contributed by atoms with Crippen molar-refractivity contribution in [2.45, 2.75) is 25.8 Å². The number of fused-ring (bicyclic) bond motifs is 1. The predicted molar refractivity (Wildman–Crippen MR) is 73.2 cm³/mol. The van der Waals surface area contributed by atoms with Crippen molar-refractivity contribution in [3.05, 3.63) is 35.8 Å². The van der Waals surface area contributed by atoms with Crippen molar-refractivity contribution in [3.8, 4) is 0 Å². The molecule has 0 aliphatic heterocycles. The number of carbonyl (C=O) groups is 1. The Labute approximate surface area is 111 Å². The molecule has 2 rings (SSSR count). The lowest BCUT2D eigenvalue weighted by Gasteiger charge is -2.18. The van der Waals surface area contributed by atoms with E-state index in [0.29, 0.717) is 23.0 Å². The number of amides is 1. The van der Waals surface area contributed by atoms with Gasteiger partial charge in [0.25, 0.3) is 0 Å². The maximum atomic E-state index is 13.7. The number of halogens is 1. The van der Waals surface area contributed by atoms with E-state index in [2.05, 4.69) is 10.3 Å². The van der Waals surface area contributed by atoms with Crippen LogP contribution in [0.5, 0.6) is 0 Å². The van der Waals surface area contributed by atoms with Gasteiger partial charge in [0.05, 0.1) is 6.42 Å². The number of aromatic nitrogens is 1. The summed E-state index contributed by atoms with van der Waals surface area (Å²) in [7, 11) is 0. The van der Waals surface area contributed by atoms with Crippen LogP contribution in [0, 0.1) is 5.82 Å². The molecule has 0 unspecified atom stereocenters. The van der Waals surface area contributed by atoms with Crippen molar-refractivity contribution < 1.29 is 9.18 Å². The molecular formula is C14H18FN3O. The maximum Gasteiger partial charge on any atom is 0.224 e. The fraction of sp³-hybridized carbons (Fsp3) is 0.357. The largest absolute Gasteiger partial charge is 0.361 e. The molecule has 1 aromatic carbocycles. The molecule has 0 spiro atoms. The minimum Gasteiger partial charge on any atom is -0.361 e. The van der Waals surface area contributed by atoms with Gasteiger partial charge < -0.3 is 16.0 Å². The number of nitrogens with two attached hydrogens (primary N) is 1. The highest BCUT2D eigenvalue weighted by Gasteiger charge is 2.15. The Morgan fingerprint density at radius 3 is 2.89 bits per heavy atom. The Kier molecular flexibility index (Phi) is 3.57. The van der Waals surface area contributed by atoms with Gasteiger partial charge in [-0.3, -0.25) is 4.79 Å². The lowest BCUT2D eigenvalue weighted by Crippen LogP contribution is -2.45. The number of nitrogens with one attached hydrogen (secondary N) is 2. The molecular weight excluding hydrogens is 245 g/mol. The second kappa shape index (κ2) is 5.01. The number of H-pyrrole nitrogens is 1. The average molecular weight is 263 g/mol. The van der Waals surface area contributed by atoms with E-state index >= 15 is 0 Å². The van der Waals surface area contributed by atoms with Gasteiger partial charge in [0, 0.05) is 29.2 Å².